The molecule has 3 N–H and O–H groups in total. The predicted molar refractivity (Wildman–Crippen MR) is 177 cm³/mol. The van der Waals surface area contributed by atoms with Crippen LogP contribution in [0.25, 0.3) is 33.6 Å². The topological polar surface area (TPSA) is 115 Å². The van der Waals surface area contributed by atoms with Crippen molar-refractivity contribution in [2.45, 2.75) is 90.8 Å². The van der Waals surface area contributed by atoms with Crippen molar-refractivity contribution in [3.8, 4) is 17.3 Å². The second kappa shape index (κ2) is 12.1. The first kappa shape index (κ1) is 31.1. The highest BCUT2D eigenvalue weighted by atomic mass is 16.5. The van der Waals surface area contributed by atoms with E-state index in [-0.39, 0.29) is 23.4 Å². The molecule has 2 aliphatic rings. The zero-order chi connectivity index (χ0) is 31.9. The first-order valence-corrected chi connectivity index (χ1v) is 16.4. The number of hydrogen-bond donors (Lipinski definition) is 3. The Kier molecular flexibility index (Phi) is 8.37. The SMILES string of the molecule is COc1cc(C(=O)N[C@]2(C)CCCNC2)cc2nc(-c3cc4ccc5nc4n3CCCCCCC(C)(C)C(=O)N[C@@H]5C)n(C)c12. The van der Waals surface area contributed by atoms with Crippen LogP contribution in [-0.2, 0) is 18.4 Å². The summed E-state index contributed by atoms with van der Waals surface area (Å²) in [5.41, 5.74) is 4.04. The summed E-state index contributed by atoms with van der Waals surface area (Å²) in [6.07, 6.45) is 6.97. The molecule has 45 heavy (non-hydrogen) atoms. The summed E-state index contributed by atoms with van der Waals surface area (Å²) in [4.78, 5) is 36.8. The van der Waals surface area contributed by atoms with E-state index < -0.39 is 5.41 Å². The van der Waals surface area contributed by atoms with Gasteiger partial charge in [0.2, 0.25) is 5.91 Å². The lowest BCUT2D eigenvalue weighted by atomic mass is 9.85. The summed E-state index contributed by atoms with van der Waals surface area (Å²) in [5.74, 6) is 1.33. The fraction of sp³-hybridized carbons (Fsp3) is 0.543. The number of piperidine rings is 1. The third-order valence-electron chi connectivity index (χ3n) is 9.76. The highest BCUT2D eigenvalue weighted by molar-refractivity contribution is 6.00. The Morgan fingerprint density at radius 1 is 1.04 bits per heavy atom. The lowest BCUT2D eigenvalue weighted by molar-refractivity contribution is -0.130. The first-order chi connectivity index (χ1) is 21.5. The summed E-state index contributed by atoms with van der Waals surface area (Å²) >= 11 is 0. The van der Waals surface area contributed by atoms with Gasteiger partial charge in [-0.15, -0.1) is 0 Å². The molecule has 2 aliphatic heterocycles. The molecular weight excluding hydrogens is 566 g/mol. The van der Waals surface area contributed by atoms with Crippen LogP contribution in [0, 0.1) is 5.41 Å². The number of hydrogen-bond acceptors (Lipinski definition) is 6. The number of fused-ring (bicyclic) bond motifs is 2. The van der Waals surface area contributed by atoms with Crippen molar-refractivity contribution in [2.24, 2.45) is 12.5 Å². The van der Waals surface area contributed by atoms with Gasteiger partial charge in [-0.3, -0.25) is 9.59 Å². The Bertz CT molecular complexity index is 1750. The molecule has 3 aromatic heterocycles. The van der Waals surface area contributed by atoms with E-state index in [4.69, 9.17) is 14.7 Å². The Balaban J connectivity index is 1.41. The number of amides is 2. The molecule has 240 valence electrons. The van der Waals surface area contributed by atoms with Gasteiger partial charge in [-0.25, -0.2) is 9.97 Å². The molecule has 0 spiro atoms. The first-order valence-electron chi connectivity index (χ1n) is 16.4. The average Bonchev–Trinajstić information content (AvgIpc) is 3.54. The zero-order valence-electron chi connectivity index (χ0n) is 27.5. The minimum absolute atomic E-state index is 0.0660. The third-order valence-corrected chi connectivity index (χ3v) is 9.76. The van der Waals surface area contributed by atoms with Crippen molar-refractivity contribution < 1.29 is 14.3 Å². The lowest BCUT2D eigenvalue weighted by Crippen LogP contribution is -2.55. The number of nitrogens with one attached hydrogen (secondary N) is 3. The van der Waals surface area contributed by atoms with Crippen LogP contribution in [0.1, 0.15) is 94.7 Å². The number of aryl methyl sites for hydroxylation is 2. The smallest absolute Gasteiger partial charge is 0.251 e. The lowest BCUT2D eigenvalue weighted by Gasteiger charge is -2.35. The van der Waals surface area contributed by atoms with E-state index in [1.165, 1.54) is 0 Å². The average molecular weight is 614 g/mol. The van der Waals surface area contributed by atoms with Gasteiger partial charge in [0.1, 0.15) is 16.9 Å². The molecule has 1 fully saturated rings. The van der Waals surface area contributed by atoms with Crippen molar-refractivity contribution >= 4 is 33.9 Å². The highest BCUT2D eigenvalue weighted by Gasteiger charge is 2.31. The number of aromatic nitrogens is 4. The number of methoxy groups -OCH3 is 1. The number of carbonyl (C=O) groups excluding carboxylic acids is 2. The van der Waals surface area contributed by atoms with E-state index >= 15 is 0 Å². The van der Waals surface area contributed by atoms with Crippen LogP contribution in [0.4, 0.5) is 0 Å². The van der Waals surface area contributed by atoms with Gasteiger partial charge in [-0.05, 0) is 76.4 Å². The molecule has 5 heterocycles. The normalized spacial score (nSPS) is 22.7. The minimum atomic E-state index is -0.414. The molecule has 0 radical (unpaired) electrons. The number of ether oxygens (including phenoxy) is 1. The molecule has 1 saturated heterocycles. The van der Waals surface area contributed by atoms with E-state index in [0.717, 1.165) is 98.3 Å². The number of imidazole rings is 1. The van der Waals surface area contributed by atoms with Crippen LogP contribution in [0.15, 0.2) is 30.3 Å². The van der Waals surface area contributed by atoms with Crippen LogP contribution in [0.3, 0.4) is 0 Å². The van der Waals surface area contributed by atoms with E-state index in [0.29, 0.717) is 16.8 Å². The Hall–Kier alpha value is -3.92. The molecule has 2 amide bonds. The summed E-state index contributed by atoms with van der Waals surface area (Å²) in [7, 11) is 3.63. The molecule has 4 aromatic rings. The van der Waals surface area contributed by atoms with Crippen LogP contribution >= 0.6 is 0 Å². The second-order valence-corrected chi connectivity index (χ2v) is 13.9. The van der Waals surface area contributed by atoms with Crippen molar-refractivity contribution in [1.82, 2.24) is 35.1 Å². The third kappa shape index (κ3) is 6.04. The highest BCUT2D eigenvalue weighted by Crippen LogP contribution is 2.35. The molecule has 2 atom stereocenters. The number of nitrogens with zero attached hydrogens (tertiary/aromatic N) is 4. The van der Waals surface area contributed by atoms with Gasteiger partial charge in [0.15, 0.2) is 5.82 Å². The molecule has 0 saturated carbocycles. The quantitative estimate of drug-likeness (QED) is 0.275. The van der Waals surface area contributed by atoms with Gasteiger partial charge in [-0.1, -0.05) is 33.1 Å². The molecule has 0 unspecified atom stereocenters. The van der Waals surface area contributed by atoms with Crippen molar-refractivity contribution in [3.05, 3.63) is 41.6 Å². The molecule has 1 aromatic carbocycles. The number of carbonyl (C=O) groups is 2. The van der Waals surface area contributed by atoms with Crippen LogP contribution < -0.4 is 20.7 Å². The Morgan fingerprint density at radius 2 is 1.84 bits per heavy atom. The summed E-state index contributed by atoms with van der Waals surface area (Å²) < 4.78 is 10.1. The molecule has 10 nitrogen and oxygen atoms in total. The van der Waals surface area contributed by atoms with Gasteiger partial charge in [0.25, 0.3) is 5.91 Å². The fourth-order valence-electron chi connectivity index (χ4n) is 6.90. The monoisotopic (exact) mass is 613 g/mol. The van der Waals surface area contributed by atoms with Crippen LogP contribution in [0.2, 0.25) is 0 Å². The number of pyridine rings is 1. The van der Waals surface area contributed by atoms with E-state index in [1.54, 1.807) is 7.11 Å². The number of benzene rings is 1. The van der Waals surface area contributed by atoms with E-state index in [1.807, 2.05) is 46.0 Å². The Labute approximate surface area is 265 Å². The Morgan fingerprint density at radius 3 is 2.60 bits per heavy atom. The van der Waals surface area contributed by atoms with E-state index in [2.05, 4.69) is 44.1 Å². The maximum absolute atomic E-state index is 13.5. The molecule has 2 bridgehead atoms. The molecule has 0 aliphatic carbocycles. The second-order valence-electron chi connectivity index (χ2n) is 13.9. The van der Waals surface area contributed by atoms with Gasteiger partial charge in [0.05, 0.1) is 35.6 Å². The minimum Gasteiger partial charge on any atom is -0.494 e. The predicted octanol–water partition coefficient (Wildman–Crippen LogP) is 5.64. The van der Waals surface area contributed by atoms with Crippen LogP contribution in [-0.4, -0.2) is 56.7 Å². The van der Waals surface area contributed by atoms with Crippen molar-refractivity contribution in [1.29, 1.82) is 0 Å². The standard InChI is InChI=1S/C35H47N7O3/c1-22-25-13-12-23-19-27(42(30(23)38-25)17-10-8-7-9-14-34(2,3)33(44)37-22)31-39-26-18-24(20-28(45-6)29(26)41(31)5)32(43)40-35(4)15-11-16-36-21-35/h12-13,18-20,22,36H,7-11,14-17,21H2,1-6H3,(H,37,44)(H,40,43)/t22-,35-/m1/s1. The maximum Gasteiger partial charge on any atom is 0.251 e. The van der Waals surface area contributed by atoms with Gasteiger partial charge >= 0.3 is 0 Å². The fourth-order valence-corrected chi connectivity index (χ4v) is 6.90. The number of rotatable bonds is 4. The van der Waals surface area contributed by atoms with Crippen molar-refractivity contribution in [2.75, 3.05) is 20.2 Å². The molecule has 10 heteroatoms. The summed E-state index contributed by atoms with van der Waals surface area (Å²) in [6.45, 7) is 10.7. The molecule has 6 rings (SSSR count). The summed E-state index contributed by atoms with van der Waals surface area (Å²) in [5, 5.41) is 10.9. The van der Waals surface area contributed by atoms with Gasteiger partial charge < -0.3 is 29.8 Å². The molecular formula is C35H47N7O3. The van der Waals surface area contributed by atoms with Crippen molar-refractivity contribution in [3.63, 3.8) is 0 Å². The van der Waals surface area contributed by atoms with Gasteiger partial charge in [0, 0.05) is 36.5 Å². The van der Waals surface area contributed by atoms with Crippen LogP contribution in [0.5, 0.6) is 5.75 Å². The van der Waals surface area contributed by atoms with E-state index in [9.17, 15) is 9.59 Å². The largest absolute Gasteiger partial charge is 0.494 e. The van der Waals surface area contributed by atoms with Gasteiger partial charge in [-0.2, -0.15) is 0 Å². The summed E-state index contributed by atoms with van der Waals surface area (Å²) in [6, 6.07) is 9.70. The maximum atomic E-state index is 13.5. The zero-order valence-corrected chi connectivity index (χ0v) is 27.5.